The fourth-order valence-electron chi connectivity index (χ4n) is 6.08. The predicted octanol–water partition coefficient (Wildman–Crippen LogP) is 6.55. The molecule has 5 amide bonds. The van der Waals surface area contributed by atoms with Gasteiger partial charge in [-0.05, 0) is 106 Å². The number of hydrogen-bond acceptors (Lipinski definition) is 8. The molecule has 0 saturated carbocycles. The molecule has 0 saturated heterocycles. The number of thioether (sulfide) groups is 2. The molecule has 54 heavy (non-hydrogen) atoms. The Morgan fingerprint density at radius 2 is 1.24 bits per heavy atom. The molecule has 0 aliphatic rings. The summed E-state index contributed by atoms with van der Waals surface area (Å²) in [4.78, 5) is 67.5. The Morgan fingerprint density at radius 3 is 1.78 bits per heavy atom. The quantitative estimate of drug-likeness (QED) is 0.0791. The van der Waals surface area contributed by atoms with E-state index in [2.05, 4.69) is 47.4 Å². The van der Waals surface area contributed by atoms with Crippen LogP contribution < -0.4 is 26.6 Å². The largest absolute Gasteiger partial charge is 0.444 e. The Balaban J connectivity index is 3.19. The van der Waals surface area contributed by atoms with Crippen molar-refractivity contribution in [1.29, 1.82) is 0 Å². The maximum Gasteiger partial charge on any atom is 0.408 e. The number of alkyl carbamates (subject to hydrolysis) is 1. The Labute approximate surface area is 334 Å². The van der Waals surface area contributed by atoms with Crippen molar-refractivity contribution in [3.05, 3.63) is 35.9 Å². The van der Waals surface area contributed by atoms with Crippen LogP contribution in [0.15, 0.2) is 30.3 Å². The number of hydrogen-bond donors (Lipinski definition) is 5. The van der Waals surface area contributed by atoms with Crippen LogP contribution in [0.1, 0.15) is 107 Å². The first-order chi connectivity index (χ1) is 25.3. The summed E-state index contributed by atoms with van der Waals surface area (Å²) in [6.07, 6.45) is 5.87. The lowest BCUT2D eigenvalue weighted by Gasteiger charge is -2.32. The molecular weight excluding hydrogens is 723 g/mol. The fraction of sp³-hybridized carbons (Fsp3) is 0.732. The monoisotopic (exact) mass is 793 g/mol. The molecule has 0 heterocycles. The Bertz CT molecular complexity index is 1290. The average molecular weight is 794 g/mol. The summed E-state index contributed by atoms with van der Waals surface area (Å²) in [5, 5.41) is 14.9. The zero-order chi connectivity index (χ0) is 41.0. The van der Waals surface area contributed by atoms with Crippen LogP contribution in [0, 0.1) is 29.6 Å². The third kappa shape index (κ3) is 20.1. The summed E-state index contributed by atoms with van der Waals surface area (Å²) >= 11 is 3.25. The standard InChI is InChI=1S/C41H71N5O6S2/c1-26(2)22-33(44-37(48)32(19-21-54-12)43-38(49)34(23-27(3)4)45-40(51)52-41(8,9)10)29(7)24-31(18-20-53-11)36(47)46-35(28(5)6)39(50)42-25-30-16-14-13-15-17-30/h13-17,26-29,31-35H,18-25H2,1-12H3,(H,42,50)(H,43,49)(H,44,48)(H,45,51)(H,46,47)/t29-,31+,32-,33-,34-,35-/m0/s1. The lowest BCUT2D eigenvalue weighted by atomic mass is 9.84. The molecule has 1 aromatic carbocycles. The second kappa shape index (κ2) is 25.3. The summed E-state index contributed by atoms with van der Waals surface area (Å²) in [5.41, 5.74) is 0.251. The van der Waals surface area contributed by atoms with Crippen molar-refractivity contribution in [2.45, 2.75) is 138 Å². The molecule has 13 heteroatoms. The Morgan fingerprint density at radius 1 is 0.667 bits per heavy atom. The Kier molecular flexibility index (Phi) is 23.0. The predicted molar refractivity (Wildman–Crippen MR) is 224 cm³/mol. The van der Waals surface area contributed by atoms with E-state index >= 15 is 0 Å². The summed E-state index contributed by atoms with van der Waals surface area (Å²) < 4.78 is 5.42. The van der Waals surface area contributed by atoms with E-state index in [0.717, 1.165) is 11.3 Å². The van der Waals surface area contributed by atoms with Gasteiger partial charge in [-0.2, -0.15) is 23.5 Å². The molecule has 0 aromatic heterocycles. The molecule has 5 N–H and O–H groups in total. The normalized spacial score (nSPS) is 15.1. The van der Waals surface area contributed by atoms with E-state index in [4.69, 9.17) is 4.74 Å². The number of carbonyl (C=O) groups is 5. The van der Waals surface area contributed by atoms with Crippen LogP contribution in [0.3, 0.4) is 0 Å². The first kappa shape index (κ1) is 49.1. The molecule has 1 rings (SSSR count). The van der Waals surface area contributed by atoms with Gasteiger partial charge in [0.2, 0.25) is 23.6 Å². The van der Waals surface area contributed by atoms with Gasteiger partial charge in [-0.1, -0.05) is 78.8 Å². The van der Waals surface area contributed by atoms with Gasteiger partial charge in [-0.25, -0.2) is 4.79 Å². The minimum atomic E-state index is -0.874. The van der Waals surface area contributed by atoms with Crippen molar-refractivity contribution in [2.75, 3.05) is 24.0 Å². The second-order valence-electron chi connectivity index (χ2n) is 16.5. The third-order valence-electron chi connectivity index (χ3n) is 8.95. The number of rotatable bonds is 24. The summed E-state index contributed by atoms with van der Waals surface area (Å²) in [6.45, 7) is 19.7. The van der Waals surface area contributed by atoms with Crippen molar-refractivity contribution in [3.63, 3.8) is 0 Å². The van der Waals surface area contributed by atoms with Gasteiger partial charge in [0.05, 0.1) is 0 Å². The highest BCUT2D eigenvalue weighted by molar-refractivity contribution is 7.98. The molecular formula is C41H71N5O6S2. The minimum absolute atomic E-state index is 0.0854. The van der Waals surface area contributed by atoms with Crippen molar-refractivity contribution < 1.29 is 28.7 Å². The van der Waals surface area contributed by atoms with E-state index in [1.807, 2.05) is 70.5 Å². The van der Waals surface area contributed by atoms with Gasteiger partial charge in [0.25, 0.3) is 0 Å². The van der Waals surface area contributed by atoms with E-state index in [9.17, 15) is 24.0 Å². The number of ether oxygens (including phenoxy) is 1. The lowest BCUT2D eigenvalue weighted by Crippen LogP contribution is -2.56. The molecule has 0 radical (unpaired) electrons. The molecule has 0 aliphatic carbocycles. The molecule has 11 nitrogen and oxygen atoms in total. The van der Waals surface area contributed by atoms with Gasteiger partial charge < -0.3 is 31.3 Å². The molecule has 0 aliphatic heterocycles. The zero-order valence-corrected chi connectivity index (χ0v) is 36.6. The van der Waals surface area contributed by atoms with Gasteiger partial charge in [0.1, 0.15) is 23.7 Å². The molecule has 308 valence electrons. The number of amides is 5. The van der Waals surface area contributed by atoms with Gasteiger partial charge >= 0.3 is 6.09 Å². The molecule has 1 aromatic rings. The number of carbonyl (C=O) groups excluding carboxylic acids is 5. The molecule has 0 fully saturated rings. The second-order valence-corrected chi connectivity index (χ2v) is 18.5. The highest BCUT2D eigenvalue weighted by Gasteiger charge is 2.33. The van der Waals surface area contributed by atoms with Gasteiger partial charge in [-0.3, -0.25) is 19.2 Å². The maximum absolute atomic E-state index is 14.0. The van der Waals surface area contributed by atoms with Crippen molar-refractivity contribution in [3.8, 4) is 0 Å². The minimum Gasteiger partial charge on any atom is -0.444 e. The smallest absolute Gasteiger partial charge is 0.408 e. The van der Waals surface area contributed by atoms with Crippen LogP contribution in [0.5, 0.6) is 0 Å². The number of benzene rings is 1. The highest BCUT2D eigenvalue weighted by Crippen LogP contribution is 2.25. The lowest BCUT2D eigenvalue weighted by molar-refractivity contribution is -0.132. The topological polar surface area (TPSA) is 155 Å². The van der Waals surface area contributed by atoms with Crippen LogP contribution in [0.4, 0.5) is 4.79 Å². The van der Waals surface area contributed by atoms with Crippen molar-refractivity contribution >= 4 is 53.2 Å². The van der Waals surface area contributed by atoms with Gasteiger partial charge in [0.15, 0.2) is 0 Å². The molecule has 0 unspecified atom stereocenters. The molecule has 0 spiro atoms. The van der Waals surface area contributed by atoms with Crippen LogP contribution >= 0.6 is 23.5 Å². The van der Waals surface area contributed by atoms with E-state index < -0.39 is 35.7 Å². The number of nitrogens with one attached hydrogen (secondary N) is 5. The first-order valence-electron chi connectivity index (χ1n) is 19.5. The van der Waals surface area contributed by atoms with Crippen molar-refractivity contribution in [2.24, 2.45) is 29.6 Å². The van der Waals surface area contributed by atoms with Crippen LogP contribution in [0.2, 0.25) is 0 Å². The Hall–Kier alpha value is -2.93. The summed E-state index contributed by atoms with van der Waals surface area (Å²) in [6, 6.07) is 7.01. The highest BCUT2D eigenvalue weighted by atomic mass is 32.2. The zero-order valence-electron chi connectivity index (χ0n) is 35.0. The summed E-state index contributed by atoms with van der Waals surface area (Å²) in [5.74, 6) is 0.0638. The molecule has 6 atom stereocenters. The van der Waals surface area contributed by atoms with Gasteiger partial charge in [0, 0.05) is 18.5 Å². The van der Waals surface area contributed by atoms with Gasteiger partial charge in [-0.15, -0.1) is 0 Å². The van der Waals surface area contributed by atoms with Crippen LogP contribution in [0.25, 0.3) is 0 Å². The third-order valence-corrected chi connectivity index (χ3v) is 10.2. The molecule has 0 bridgehead atoms. The fourth-order valence-corrected chi connectivity index (χ4v) is 7.08. The van der Waals surface area contributed by atoms with Crippen LogP contribution in [-0.4, -0.2) is 83.5 Å². The van der Waals surface area contributed by atoms with Crippen LogP contribution in [-0.2, 0) is 30.5 Å². The first-order valence-corrected chi connectivity index (χ1v) is 22.3. The summed E-state index contributed by atoms with van der Waals surface area (Å²) in [7, 11) is 0. The van der Waals surface area contributed by atoms with Crippen molar-refractivity contribution in [1.82, 2.24) is 26.6 Å². The van der Waals surface area contributed by atoms with E-state index in [0.29, 0.717) is 44.4 Å². The maximum atomic E-state index is 14.0. The SMILES string of the molecule is CSCC[C@H](C[C@H](C)[C@H](CC(C)C)NC(=O)[C@H](CCSC)NC(=O)[C@H](CC(C)C)NC(=O)OC(C)(C)C)C(=O)N[C@H](C(=O)NCc1ccccc1)C(C)C. The van der Waals surface area contributed by atoms with E-state index in [1.165, 1.54) is 0 Å². The average Bonchev–Trinajstić information content (AvgIpc) is 3.07. The van der Waals surface area contributed by atoms with E-state index in [1.54, 1.807) is 44.3 Å². The van der Waals surface area contributed by atoms with E-state index in [-0.39, 0.29) is 53.4 Å².